The number of quaternary nitrogens is 1. The van der Waals surface area contributed by atoms with Crippen LogP contribution in [0.4, 0.5) is 0 Å². The first-order valence-electron chi connectivity index (χ1n) is 8.81. The number of benzene rings is 1. The molecule has 1 fully saturated rings. The molecule has 0 radical (unpaired) electrons. The molecule has 1 saturated heterocycles. The topological polar surface area (TPSA) is 53.9 Å². The zero-order valence-corrected chi connectivity index (χ0v) is 15.9. The van der Waals surface area contributed by atoms with E-state index in [1.165, 1.54) is 37.1 Å². The standard InChI is InChI=1S/C18H25N3O3S/c1-4-14-7-5-6-10-20(14)12-21-18(25)24-17(19-21)13-8-9-15(22-2)16(11-13)23-3/h8-9,11,14H,4-7,10,12H2,1-3H3/p+1/t14-/m1/s1. The van der Waals surface area contributed by atoms with Gasteiger partial charge in [-0.3, -0.25) is 0 Å². The van der Waals surface area contributed by atoms with Gasteiger partial charge in [0.1, 0.15) is 0 Å². The summed E-state index contributed by atoms with van der Waals surface area (Å²) in [5.74, 6) is 1.83. The van der Waals surface area contributed by atoms with Crippen molar-refractivity contribution >= 4 is 12.2 Å². The van der Waals surface area contributed by atoms with Crippen LogP contribution >= 0.6 is 12.2 Å². The molecule has 7 heteroatoms. The normalized spacial score (nSPS) is 20.4. The first kappa shape index (κ1) is 17.9. The number of hydrogen-bond acceptors (Lipinski definition) is 5. The summed E-state index contributed by atoms with van der Waals surface area (Å²) >= 11 is 5.39. The third kappa shape index (κ3) is 3.88. The molecular weight excluding hydrogens is 338 g/mol. The fraction of sp³-hybridized carbons (Fsp3) is 0.556. The third-order valence-corrected chi connectivity index (χ3v) is 5.25. The van der Waals surface area contributed by atoms with E-state index in [1.807, 2.05) is 22.9 Å². The van der Waals surface area contributed by atoms with E-state index < -0.39 is 0 Å². The molecule has 6 nitrogen and oxygen atoms in total. The number of likely N-dealkylation sites (tertiary alicyclic amines) is 1. The molecule has 0 amide bonds. The van der Waals surface area contributed by atoms with Gasteiger partial charge in [-0.05, 0) is 56.1 Å². The number of hydrogen-bond donors (Lipinski definition) is 1. The minimum atomic E-state index is 0.415. The summed E-state index contributed by atoms with van der Waals surface area (Å²) in [4.78, 5) is 1.95. The van der Waals surface area contributed by atoms with Crippen LogP contribution in [0.5, 0.6) is 11.5 Å². The van der Waals surface area contributed by atoms with Crippen LogP contribution in [0.15, 0.2) is 22.6 Å². The van der Waals surface area contributed by atoms with Crippen LogP contribution < -0.4 is 14.4 Å². The zero-order chi connectivity index (χ0) is 17.8. The van der Waals surface area contributed by atoms with E-state index in [1.54, 1.807) is 14.2 Å². The minimum Gasteiger partial charge on any atom is -0.493 e. The lowest BCUT2D eigenvalue weighted by atomic mass is 10.0. The molecule has 1 aliphatic heterocycles. The number of aromatic nitrogens is 2. The third-order valence-electron chi connectivity index (χ3n) is 4.96. The van der Waals surface area contributed by atoms with Gasteiger partial charge < -0.3 is 18.8 Å². The summed E-state index contributed by atoms with van der Waals surface area (Å²) in [6, 6.07) is 6.27. The van der Waals surface area contributed by atoms with E-state index >= 15 is 0 Å². The molecular formula is C18H26N3O3S+. The van der Waals surface area contributed by atoms with Gasteiger partial charge in [-0.2, -0.15) is 4.68 Å². The Morgan fingerprint density at radius 1 is 1.28 bits per heavy atom. The maximum absolute atomic E-state index is 5.74. The van der Waals surface area contributed by atoms with Crippen molar-refractivity contribution in [2.45, 2.75) is 45.3 Å². The SMILES string of the molecule is CC[C@@H]1CCCC[NH+]1Cn1nc(-c2ccc(OC)c(OC)c2)oc1=S. The molecule has 2 aromatic rings. The van der Waals surface area contributed by atoms with Crippen molar-refractivity contribution in [3.8, 4) is 23.0 Å². The lowest BCUT2D eigenvalue weighted by molar-refractivity contribution is -0.953. The van der Waals surface area contributed by atoms with Gasteiger partial charge in [0.15, 0.2) is 18.2 Å². The van der Waals surface area contributed by atoms with E-state index in [2.05, 4.69) is 12.0 Å². The first-order chi connectivity index (χ1) is 12.2. The van der Waals surface area contributed by atoms with Gasteiger partial charge in [0.05, 0.1) is 26.8 Å². The highest BCUT2D eigenvalue weighted by Gasteiger charge is 2.25. The fourth-order valence-corrected chi connectivity index (χ4v) is 3.72. The number of nitrogens with one attached hydrogen (secondary N) is 1. The fourth-order valence-electron chi connectivity index (χ4n) is 3.54. The minimum absolute atomic E-state index is 0.415. The number of methoxy groups -OCH3 is 2. The second-order valence-electron chi connectivity index (χ2n) is 6.41. The van der Waals surface area contributed by atoms with Gasteiger partial charge in [-0.25, -0.2) is 0 Å². The van der Waals surface area contributed by atoms with Crippen molar-refractivity contribution in [2.75, 3.05) is 20.8 Å². The van der Waals surface area contributed by atoms with Crippen molar-refractivity contribution in [3.05, 3.63) is 23.0 Å². The maximum atomic E-state index is 5.74. The molecule has 0 spiro atoms. The summed E-state index contributed by atoms with van der Waals surface area (Å²) in [5, 5.41) is 4.60. The highest BCUT2D eigenvalue weighted by Crippen LogP contribution is 2.31. The lowest BCUT2D eigenvalue weighted by Gasteiger charge is -2.31. The smallest absolute Gasteiger partial charge is 0.292 e. The van der Waals surface area contributed by atoms with Gasteiger partial charge in [0.2, 0.25) is 5.89 Å². The van der Waals surface area contributed by atoms with Crippen LogP contribution in [0.25, 0.3) is 11.5 Å². The van der Waals surface area contributed by atoms with Crippen molar-refractivity contribution in [2.24, 2.45) is 0 Å². The second kappa shape index (κ2) is 8.01. The second-order valence-corrected chi connectivity index (χ2v) is 6.76. The summed E-state index contributed by atoms with van der Waals surface area (Å²) in [7, 11) is 3.23. The van der Waals surface area contributed by atoms with Gasteiger partial charge in [-0.15, -0.1) is 5.10 Å². The van der Waals surface area contributed by atoms with Gasteiger partial charge in [-0.1, -0.05) is 6.92 Å². The molecule has 2 atom stereocenters. The van der Waals surface area contributed by atoms with Gasteiger partial charge in [0.25, 0.3) is 4.84 Å². The van der Waals surface area contributed by atoms with Crippen molar-refractivity contribution in [3.63, 3.8) is 0 Å². The van der Waals surface area contributed by atoms with E-state index in [9.17, 15) is 0 Å². The Kier molecular flexibility index (Phi) is 5.75. The summed E-state index contributed by atoms with van der Waals surface area (Å²) < 4.78 is 18.2. The summed E-state index contributed by atoms with van der Waals surface area (Å²) in [5.41, 5.74) is 0.822. The van der Waals surface area contributed by atoms with Crippen molar-refractivity contribution in [1.29, 1.82) is 0 Å². The van der Waals surface area contributed by atoms with Gasteiger partial charge in [0, 0.05) is 5.56 Å². The Morgan fingerprint density at radius 2 is 2.08 bits per heavy atom. The average molecular weight is 364 g/mol. The highest BCUT2D eigenvalue weighted by molar-refractivity contribution is 7.71. The first-order valence-corrected chi connectivity index (χ1v) is 9.22. The van der Waals surface area contributed by atoms with Gasteiger partial charge >= 0.3 is 0 Å². The van der Waals surface area contributed by atoms with E-state index in [0.717, 1.165) is 12.2 Å². The summed E-state index contributed by atoms with van der Waals surface area (Å²) in [6.07, 6.45) is 5.05. The Hall–Kier alpha value is -1.86. The molecule has 1 aromatic heterocycles. The molecule has 1 N–H and O–H groups in total. The molecule has 0 saturated carbocycles. The van der Waals surface area contributed by atoms with Crippen LogP contribution in [0.1, 0.15) is 32.6 Å². The number of piperidine rings is 1. The Bertz CT molecular complexity index is 771. The molecule has 25 heavy (non-hydrogen) atoms. The average Bonchev–Trinajstić information content (AvgIpc) is 3.02. The highest BCUT2D eigenvalue weighted by atomic mass is 32.1. The Morgan fingerprint density at radius 3 is 2.80 bits per heavy atom. The van der Waals surface area contributed by atoms with E-state index in [-0.39, 0.29) is 0 Å². The lowest BCUT2D eigenvalue weighted by Crippen LogP contribution is -3.15. The number of rotatable bonds is 6. The molecule has 3 rings (SSSR count). The largest absolute Gasteiger partial charge is 0.493 e. The van der Waals surface area contributed by atoms with Crippen LogP contribution in [0, 0.1) is 4.84 Å². The molecule has 136 valence electrons. The van der Waals surface area contributed by atoms with Crippen molar-refractivity contribution < 1.29 is 18.8 Å². The molecule has 1 aliphatic rings. The van der Waals surface area contributed by atoms with Crippen LogP contribution in [0.3, 0.4) is 0 Å². The van der Waals surface area contributed by atoms with E-state index in [4.69, 9.17) is 26.1 Å². The summed E-state index contributed by atoms with van der Waals surface area (Å²) in [6.45, 7) is 4.18. The molecule has 2 heterocycles. The quantitative estimate of drug-likeness (QED) is 0.799. The van der Waals surface area contributed by atoms with E-state index in [0.29, 0.717) is 28.3 Å². The Labute approximate surface area is 153 Å². The molecule has 0 bridgehead atoms. The number of ether oxygens (including phenoxy) is 2. The zero-order valence-electron chi connectivity index (χ0n) is 15.1. The monoisotopic (exact) mass is 364 g/mol. The maximum Gasteiger partial charge on any atom is 0.292 e. The molecule has 0 aliphatic carbocycles. The van der Waals surface area contributed by atoms with Crippen LogP contribution in [-0.2, 0) is 6.67 Å². The predicted molar refractivity (Wildman–Crippen MR) is 97.6 cm³/mol. The van der Waals surface area contributed by atoms with Crippen molar-refractivity contribution in [1.82, 2.24) is 9.78 Å². The predicted octanol–water partition coefficient (Wildman–Crippen LogP) is 2.69. The number of nitrogens with zero attached hydrogens (tertiary/aromatic N) is 2. The Balaban J connectivity index is 1.84. The van der Waals surface area contributed by atoms with Crippen LogP contribution in [0.2, 0.25) is 0 Å². The molecule has 1 unspecified atom stereocenters. The van der Waals surface area contributed by atoms with Crippen LogP contribution in [-0.4, -0.2) is 36.6 Å². The molecule has 1 aromatic carbocycles.